The molecule has 1 aliphatic carbocycles. The molecule has 1 aliphatic rings. The summed E-state index contributed by atoms with van der Waals surface area (Å²) in [5.41, 5.74) is 9.29. The SMILES string of the molecule is CCCN(c1cc(/C=C\C2CC2C)cc(-c2n[nH]c([C@](C)(N)Cc3ccccc3)n2)c1)S(C)(=O)=O. The number of benzene rings is 2. The molecule has 2 aromatic carbocycles. The first-order valence-electron chi connectivity index (χ1n) is 12.1. The normalized spacial score (nSPS) is 19.6. The van der Waals surface area contributed by atoms with Gasteiger partial charge >= 0.3 is 0 Å². The van der Waals surface area contributed by atoms with E-state index >= 15 is 0 Å². The van der Waals surface area contributed by atoms with Crippen molar-refractivity contribution in [1.82, 2.24) is 15.2 Å². The Morgan fingerprint density at radius 2 is 1.94 bits per heavy atom. The van der Waals surface area contributed by atoms with Crippen molar-refractivity contribution in [2.75, 3.05) is 17.1 Å². The fourth-order valence-corrected chi connectivity index (χ4v) is 5.30. The zero-order valence-electron chi connectivity index (χ0n) is 20.9. The van der Waals surface area contributed by atoms with E-state index in [1.165, 1.54) is 17.0 Å². The van der Waals surface area contributed by atoms with E-state index in [1.807, 2.05) is 62.4 Å². The van der Waals surface area contributed by atoms with Crippen molar-refractivity contribution in [3.05, 3.63) is 71.6 Å². The second-order valence-corrected chi connectivity index (χ2v) is 11.9. The lowest BCUT2D eigenvalue weighted by Crippen LogP contribution is -2.36. The van der Waals surface area contributed by atoms with E-state index in [-0.39, 0.29) is 0 Å². The second-order valence-electron chi connectivity index (χ2n) is 9.97. The van der Waals surface area contributed by atoms with Crippen LogP contribution in [0.25, 0.3) is 17.5 Å². The number of hydrogen-bond donors (Lipinski definition) is 2. The van der Waals surface area contributed by atoms with E-state index < -0.39 is 15.6 Å². The molecule has 3 atom stereocenters. The number of anilines is 1. The molecule has 35 heavy (non-hydrogen) atoms. The average Bonchev–Trinajstić information content (AvgIpc) is 3.28. The summed E-state index contributed by atoms with van der Waals surface area (Å²) in [6.07, 6.45) is 8.02. The van der Waals surface area contributed by atoms with Crippen LogP contribution in [-0.4, -0.2) is 36.4 Å². The highest BCUT2D eigenvalue weighted by Gasteiger charge is 2.30. The third kappa shape index (κ3) is 6.18. The molecule has 0 spiro atoms. The Kier molecular flexibility index (Phi) is 7.15. The van der Waals surface area contributed by atoms with E-state index in [0.29, 0.717) is 48.6 Å². The molecule has 3 aromatic rings. The first-order valence-corrected chi connectivity index (χ1v) is 14.0. The van der Waals surface area contributed by atoms with Crippen molar-refractivity contribution in [3.63, 3.8) is 0 Å². The van der Waals surface area contributed by atoms with Gasteiger partial charge in [-0.25, -0.2) is 13.4 Å². The summed E-state index contributed by atoms with van der Waals surface area (Å²) in [5, 5.41) is 7.47. The number of nitrogens with two attached hydrogens (primary N) is 1. The number of rotatable bonds is 10. The van der Waals surface area contributed by atoms with Crippen LogP contribution < -0.4 is 10.0 Å². The lowest BCUT2D eigenvalue weighted by Gasteiger charge is -2.23. The van der Waals surface area contributed by atoms with Gasteiger partial charge in [-0.2, -0.15) is 5.10 Å². The molecule has 0 saturated heterocycles. The third-order valence-electron chi connectivity index (χ3n) is 6.46. The van der Waals surface area contributed by atoms with Gasteiger partial charge in [0.2, 0.25) is 10.0 Å². The van der Waals surface area contributed by atoms with Crippen molar-refractivity contribution >= 4 is 21.8 Å². The minimum Gasteiger partial charge on any atom is -0.319 e. The molecule has 1 saturated carbocycles. The van der Waals surface area contributed by atoms with Crippen LogP contribution in [0.5, 0.6) is 0 Å². The first-order chi connectivity index (χ1) is 16.6. The maximum absolute atomic E-state index is 12.6. The van der Waals surface area contributed by atoms with Gasteiger partial charge in [-0.05, 0) is 67.3 Å². The molecule has 3 N–H and O–H groups in total. The van der Waals surface area contributed by atoms with Crippen molar-refractivity contribution in [2.24, 2.45) is 17.6 Å². The van der Waals surface area contributed by atoms with Crippen LogP contribution in [-0.2, 0) is 22.0 Å². The van der Waals surface area contributed by atoms with Gasteiger partial charge < -0.3 is 5.73 Å². The summed E-state index contributed by atoms with van der Waals surface area (Å²) >= 11 is 0. The minimum absolute atomic E-state index is 0.405. The number of aromatic nitrogens is 3. The number of hydrogen-bond acceptors (Lipinski definition) is 5. The molecule has 7 nitrogen and oxygen atoms in total. The first kappa shape index (κ1) is 25.1. The summed E-state index contributed by atoms with van der Waals surface area (Å²) < 4.78 is 26.6. The molecule has 2 unspecified atom stereocenters. The maximum atomic E-state index is 12.6. The van der Waals surface area contributed by atoms with Crippen LogP contribution in [0, 0.1) is 11.8 Å². The van der Waals surface area contributed by atoms with Crippen LogP contribution >= 0.6 is 0 Å². The lowest BCUT2D eigenvalue weighted by atomic mass is 9.93. The number of aromatic amines is 1. The Hall–Kier alpha value is -2.97. The van der Waals surface area contributed by atoms with Gasteiger partial charge in [0, 0.05) is 12.1 Å². The molecule has 0 amide bonds. The molecule has 8 heteroatoms. The predicted octanol–water partition coefficient (Wildman–Crippen LogP) is 4.73. The number of nitrogens with zero attached hydrogens (tertiary/aromatic N) is 3. The molecule has 1 aromatic heterocycles. The zero-order valence-corrected chi connectivity index (χ0v) is 21.7. The lowest BCUT2D eigenvalue weighted by molar-refractivity contribution is 0.460. The highest BCUT2D eigenvalue weighted by atomic mass is 32.2. The molecule has 1 heterocycles. The Morgan fingerprint density at radius 3 is 2.57 bits per heavy atom. The smallest absolute Gasteiger partial charge is 0.232 e. The summed E-state index contributed by atoms with van der Waals surface area (Å²) in [6.45, 7) is 6.53. The van der Waals surface area contributed by atoms with Gasteiger partial charge in [0.25, 0.3) is 0 Å². The van der Waals surface area contributed by atoms with E-state index in [2.05, 4.69) is 29.3 Å². The molecule has 4 rings (SSSR count). The van der Waals surface area contributed by atoms with E-state index in [9.17, 15) is 8.42 Å². The molecular weight excluding hydrogens is 458 g/mol. The second kappa shape index (κ2) is 9.95. The molecule has 1 fully saturated rings. The summed E-state index contributed by atoms with van der Waals surface area (Å²) in [4.78, 5) is 4.73. The third-order valence-corrected chi connectivity index (χ3v) is 7.66. The molecule has 0 radical (unpaired) electrons. The van der Waals surface area contributed by atoms with Crippen molar-refractivity contribution in [1.29, 1.82) is 0 Å². The van der Waals surface area contributed by atoms with E-state index in [4.69, 9.17) is 10.7 Å². The van der Waals surface area contributed by atoms with E-state index in [1.54, 1.807) is 0 Å². The molecular formula is C27H35N5O2S. The standard InChI is InChI=1S/C27H35N5O2S/c1-5-13-32(35(4,33)34)24-16-21(11-12-22-14-19(22)2)15-23(17-24)25-29-26(31-30-25)27(3,28)18-20-9-7-6-8-10-20/h6-12,15-17,19,22H,5,13-14,18,28H2,1-4H3,(H,29,30,31)/b12-11-/t19?,22?,27-/m1/s1. The van der Waals surface area contributed by atoms with Crippen LogP contribution in [0.15, 0.2) is 54.6 Å². The molecule has 186 valence electrons. The number of H-pyrrole nitrogens is 1. The monoisotopic (exact) mass is 493 g/mol. The van der Waals surface area contributed by atoms with Gasteiger partial charge in [-0.1, -0.05) is 56.3 Å². The molecule has 0 aliphatic heterocycles. The topological polar surface area (TPSA) is 105 Å². The predicted molar refractivity (Wildman–Crippen MR) is 142 cm³/mol. The van der Waals surface area contributed by atoms with Crippen molar-refractivity contribution in [2.45, 2.75) is 45.6 Å². The number of allylic oxidation sites excluding steroid dienone is 1. The van der Waals surface area contributed by atoms with Crippen LogP contribution in [0.4, 0.5) is 5.69 Å². The Morgan fingerprint density at radius 1 is 1.23 bits per heavy atom. The largest absolute Gasteiger partial charge is 0.319 e. The van der Waals surface area contributed by atoms with Crippen molar-refractivity contribution < 1.29 is 8.42 Å². The summed E-state index contributed by atoms with van der Waals surface area (Å²) in [7, 11) is -3.44. The van der Waals surface area contributed by atoms with Crippen LogP contribution in [0.2, 0.25) is 0 Å². The maximum Gasteiger partial charge on any atom is 0.232 e. The van der Waals surface area contributed by atoms with Gasteiger partial charge in [0.1, 0.15) is 5.82 Å². The minimum atomic E-state index is -3.44. The molecule has 0 bridgehead atoms. The van der Waals surface area contributed by atoms with E-state index in [0.717, 1.165) is 16.7 Å². The highest BCUT2D eigenvalue weighted by Crippen LogP contribution is 2.39. The fraction of sp³-hybridized carbons (Fsp3) is 0.407. The van der Waals surface area contributed by atoms with Gasteiger partial charge in [-0.15, -0.1) is 0 Å². The number of sulfonamides is 1. The van der Waals surface area contributed by atoms with Gasteiger partial charge in [-0.3, -0.25) is 9.40 Å². The van der Waals surface area contributed by atoms with Gasteiger partial charge in [0.05, 0.1) is 17.5 Å². The average molecular weight is 494 g/mol. The summed E-state index contributed by atoms with van der Waals surface area (Å²) in [6, 6.07) is 15.8. The zero-order chi connectivity index (χ0) is 25.2. The van der Waals surface area contributed by atoms with Crippen LogP contribution in [0.1, 0.15) is 50.6 Å². The quantitative estimate of drug-likeness (QED) is 0.425. The Balaban J connectivity index is 1.70. The van der Waals surface area contributed by atoms with Crippen LogP contribution in [0.3, 0.4) is 0 Å². The summed E-state index contributed by atoms with van der Waals surface area (Å²) in [5.74, 6) is 2.35. The fourth-order valence-electron chi connectivity index (χ4n) is 4.30. The highest BCUT2D eigenvalue weighted by molar-refractivity contribution is 7.92. The number of nitrogens with one attached hydrogen (secondary N) is 1. The Bertz CT molecular complexity index is 1300. The van der Waals surface area contributed by atoms with Gasteiger partial charge in [0.15, 0.2) is 5.82 Å². The Labute approximate surface area is 208 Å². The van der Waals surface area contributed by atoms with Crippen molar-refractivity contribution in [3.8, 4) is 11.4 Å².